The fraction of sp³-hybridized carbons (Fsp3) is 0.143. The van der Waals surface area contributed by atoms with E-state index in [1.54, 1.807) is 12.1 Å². The van der Waals surface area contributed by atoms with Crippen LogP contribution >= 0.6 is 24.0 Å². The average molecular weight is 443 g/mol. The first-order chi connectivity index (χ1) is 14.3. The molecule has 1 fully saturated rings. The number of thiocarbonyl (C=S) groups is 1. The molecule has 0 aliphatic carbocycles. The summed E-state index contributed by atoms with van der Waals surface area (Å²) in [5.74, 6) is -1.24. The lowest BCUT2D eigenvalue weighted by molar-refractivity contribution is -0.122. The Morgan fingerprint density at radius 3 is 2.47 bits per heavy atom. The molecule has 1 saturated heterocycles. The number of carboxylic acids is 1. The maximum atomic E-state index is 12.7. The van der Waals surface area contributed by atoms with Gasteiger partial charge in [0.15, 0.2) is 15.8 Å². The summed E-state index contributed by atoms with van der Waals surface area (Å²) in [6.45, 7) is 1.98. The van der Waals surface area contributed by atoms with Crippen molar-refractivity contribution < 1.29 is 24.2 Å². The van der Waals surface area contributed by atoms with Crippen molar-refractivity contribution in [3.05, 3.63) is 63.6 Å². The third kappa shape index (κ3) is 4.37. The first-order valence-electron chi connectivity index (χ1n) is 8.72. The molecule has 0 bridgehead atoms. The zero-order chi connectivity index (χ0) is 21.8. The highest BCUT2D eigenvalue weighted by Gasteiger charge is 2.32. The number of thioether (sulfide) groups is 1. The van der Waals surface area contributed by atoms with E-state index in [9.17, 15) is 14.7 Å². The summed E-state index contributed by atoms with van der Waals surface area (Å²) in [6.07, 6.45) is 3.01. The first-order valence-corrected chi connectivity index (χ1v) is 9.95. The van der Waals surface area contributed by atoms with Gasteiger partial charge in [0.2, 0.25) is 0 Å². The summed E-state index contributed by atoms with van der Waals surface area (Å²) >= 11 is 6.41. The second-order valence-electron chi connectivity index (χ2n) is 6.22. The van der Waals surface area contributed by atoms with Crippen LogP contribution in [0, 0.1) is 6.92 Å². The molecule has 0 aromatic heterocycles. The van der Waals surface area contributed by atoms with Crippen LogP contribution in [0.15, 0.2) is 46.4 Å². The van der Waals surface area contributed by atoms with Gasteiger partial charge in [-0.2, -0.15) is 10.1 Å². The van der Waals surface area contributed by atoms with E-state index in [1.165, 1.54) is 26.5 Å². The molecule has 1 amide bonds. The number of carbonyl (C=O) groups is 2. The normalized spacial score (nSPS) is 15.3. The Morgan fingerprint density at radius 2 is 1.87 bits per heavy atom. The van der Waals surface area contributed by atoms with Gasteiger partial charge in [-0.05, 0) is 42.9 Å². The fourth-order valence-electron chi connectivity index (χ4n) is 2.76. The molecule has 2 aromatic carbocycles. The van der Waals surface area contributed by atoms with Crippen molar-refractivity contribution in [3.8, 4) is 11.5 Å². The van der Waals surface area contributed by atoms with E-state index >= 15 is 0 Å². The third-order valence-electron chi connectivity index (χ3n) is 4.25. The van der Waals surface area contributed by atoms with Gasteiger partial charge in [0.1, 0.15) is 5.56 Å². The highest BCUT2D eigenvalue weighted by Crippen LogP contribution is 2.34. The zero-order valence-corrected chi connectivity index (χ0v) is 18.0. The van der Waals surface area contributed by atoms with Gasteiger partial charge in [0.05, 0.1) is 25.3 Å². The lowest BCUT2D eigenvalue weighted by Crippen LogP contribution is -2.22. The monoisotopic (exact) mass is 442 g/mol. The second kappa shape index (κ2) is 9.10. The number of carbonyl (C=O) groups excluding carboxylic acids is 1. The molecule has 9 heteroatoms. The molecule has 0 atom stereocenters. The fourth-order valence-corrected chi connectivity index (χ4v) is 3.94. The van der Waals surface area contributed by atoms with Gasteiger partial charge in [-0.25, -0.2) is 4.79 Å². The molecule has 1 aliphatic heterocycles. The topological polar surface area (TPSA) is 88.4 Å². The maximum absolute atomic E-state index is 12.7. The predicted octanol–water partition coefficient (Wildman–Crippen LogP) is 3.95. The first kappa shape index (κ1) is 21.5. The van der Waals surface area contributed by atoms with Crippen molar-refractivity contribution in [2.45, 2.75) is 6.92 Å². The summed E-state index contributed by atoms with van der Waals surface area (Å²) in [4.78, 5) is 24.9. The van der Waals surface area contributed by atoms with Crippen LogP contribution in [-0.4, -0.2) is 46.7 Å². The number of benzene rings is 2. The summed E-state index contributed by atoms with van der Waals surface area (Å²) in [6, 6.07) is 10.8. The molecule has 0 radical (unpaired) electrons. The second-order valence-corrected chi connectivity index (χ2v) is 7.89. The van der Waals surface area contributed by atoms with Crippen LogP contribution in [0.4, 0.5) is 0 Å². The Morgan fingerprint density at radius 1 is 1.17 bits per heavy atom. The number of ether oxygens (including phenoxy) is 2. The van der Waals surface area contributed by atoms with E-state index in [4.69, 9.17) is 21.7 Å². The summed E-state index contributed by atoms with van der Waals surface area (Å²) in [5, 5.41) is 14.8. The SMILES string of the molecule is COc1ccc(/C=N/N2C(=O)/C(=C\c3ccc(C)cc3)SC2=S)c(C(=O)O)c1OC. The van der Waals surface area contributed by atoms with Crippen LogP contribution in [0.3, 0.4) is 0 Å². The number of nitrogens with zero attached hydrogens (tertiary/aromatic N) is 2. The quantitative estimate of drug-likeness (QED) is 0.412. The highest BCUT2D eigenvalue weighted by molar-refractivity contribution is 8.26. The molecule has 154 valence electrons. The Kier molecular flexibility index (Phi) is 6.53. The molecular weight excluding hydrogens is 424 g/mol. The predicted molar refractivity (Wildman–Crippen MR) is 120 cm³/mol. The van der Waals surface area contributed by atoms with Gasteiger partial charge in [-0.3, -0.25) is 4.79 Å². The van der Waals surface area contributed by atoms with Crippen LogP contribution in [-0.2, 0) is 4.79 Å². The Labute approximate surface area is 183 Å². The Balaban J connectivity index is 1.91. The van der Waals surface area contributed by atoms with Crippen molar-refractivity contribution in [3.63, 3.8) is 0 Å². The molecule has 1 heterocycles. The Hall–Kier alpha value is -3.17. The van der Waals surface area contributed by atoms with E-state index < -0.39 is 5.97 Å². The summed E-state index contributed by atoms with van der Waals surface area (Å²) < 4.78 is 10.6. The number of methoxy groups -OCH3 is 2. The van der Waals surface area contributed by atoms with Crippen molar-refractivity contribution in [1.82, 2.24) is 5.01 Å². The van der Waals surface area contributed by atoms with Crippen molar-refractivity contribution in [1.29, 1.82) is 0 Å². The molecule has 1 N–H and O–H groups in total. The largest absolute Gasteiger partial charge is 0.493 e. The number of hydrogen-bond acceptors (Lipinski definition) is 7. The number of rotatable bonds is 6. The maximum Gasteiger partial charge on any atom is 0.340 e. The molecule has 0 saturated carbocycles. The lowest BCUT2D eigenvalue weighted by Gasteiger charge is -2.13. The minimum atomic E-state index is -1.21. The zero-order valence-electron chi connectivity index (χ0n) is 16.4. The number of amides is 1. The average Bonchev–Trinajstić information content (AvgIpc) is 2.99. The Bertz CT molecular complexity index is 1080. The van der Waals surface area contributed by atoms with Crippen LogP contribution < -0.4 is 9.47 Å². The van der Waals surface area contributed by atoms with Gasteiger partial charge in [0.25, 0.3) is 5.91 Å². The number of hydrogen-bond donors (Lipinski definition) is 1. The van der Waals surface area contributed by atoms with Crippen molar-refractivity contribution >= 4 is 52.5 Å². The van der Waals surface area contributed by atoms with Gasteiger partial charge < -0.3 is 14.6 Å². The number of hydrazone groups is 1. The minimum absolute atomic E-state index is 0.0682. The molecule has 1 aliphatic rings. The van der Waals surface area contributed by atoms with Crippen LogP contribution in [0.5, 0.6) is 11.5 Å². The van der Waals surface area contributed by atoms with Gasteiger partial charge in [-0.1, -0.05) is 41.6 Å². The molecule has 2 aromatic rings. The van der Waals surface area contributed by atoms with Gasteiger partial charge >= 0.3 is 5.97 Å². The molecule has 7 nitrogen and oxygen atoms in total. The standard InChI is InChI=1S/C21H18N2O5S2/c1-12-4-6-13(7-5-12)10-16-19(24)23(21(29)30-16)22-11-14-8-9-15(27-2)18(28-3)17(14)20(25)26/h4-11H,1-3H3,(H,25,26)/b16-10+,22-11+. The minimum Gasteiger partial charge on any atom is -0.493 e. The smallest absolute Gasteiger partial charge is 0.340 e. The van der Waals surface area contributed by atoms with E-state index in [2.05, 4.69) is 5.10 Å². The summed E-state index contributed by atoms with van der Waals surface area (Å²) in [7, 11) is 2.76. The molecule has 0 spiro atoms. The molecule has 30 heavy (non-hydrogen) atoms. The van der Waals surface area contributed by atoms with E-state index in [0.29, 0.717) is 4.91 Å². The summed E-state index contributed by atoms with van der Waals surface area (Å²) in [5.41, 5.74) is 2.12. The van der Waals surface area contributed by atoms with E-state index in [0.717, 1.165) is 27.9 Å². The number of aryl methyl sites for hydroxylation is 1. The van der Waals surface area contributed by atoms with Crippen LogP contribution in [0.2, 0.25) is 0 Å². The van der Waals surface area contributed by atoms with Crippen LogP contribution in [0.1, 0.15) is 27.0 Å². The molecular formula is C21H18N2O5S2. The van der Waals surface area contributed by atoms with Crippen LogP contribution in [0.25, 0.3) is 6.08 Å². The number of carboxylic acid groups (broad SMARTS) is 1. The van der Waals surface area contributed by atoms with E-state index in [1.807, 2.05) is 31.2 Å². The molecule has 0 unspecified atom stereocenters. The van der Waals surface area contributed by atoms with Crippen molar-refractivity contribution in [2.75, 3.05) is 14.2 Å². The lowest BCUT2D eigenvalue weighted by atomic mass is 10.1. The molecule has 3 rings (SSSR count). The third-order valence-corrected chi connectivity index (χ3v) is 5.54. The highest BCUT2D eigenvalue weighted by atomic mass is 32.2. The van der Waals surface area contributed by atoms with Crippen molar-refractivity contribution in [2.24, 2.45) is 5.10 Å². The van der Waals surface area contributed by atoms with Gasteiger partial charge in [0, 0.05) is 5.56 Å². The number of aromatic carboxylic acids is 1. The van der Waals surface area contributed by atoms with Gasteiger partial charge in [-0.15, -0.1) is 0 Å². The van der Waals surface area contributed by atoms with E-state index in [-0.39, 0.29) is 32.9 Å².